The van der Waals surface area contributed by atoms with Crippen molar-refractivity contribution in [2.24, 2.45) is 0 Å². The van der Waals surface area contributed by atoms with Gasteiger partial charge in [0, 0.05) is 6.07 Å². The van der Waals surface area contributed by atoms with Crippen LogP contribution in [-0.4, -0.2) is 28.7 Å². The molecule has 0 bridgehead atoms. The predicted octanol–water partition coefficient (Wildman–Crippen LogP) is 2.42. The third-order valence-corrected chi connectivity index (χ3v) is 3.57. The summed E-state index contributed by atoms with van der Waals surface area (Å²) in [7, 11) is 0. The van der Waals surface area contributed by atoms with Crippen molar-refractivity contribution in [2.45, 2.75) is 13.0 Å². The quantitative estimate of drug-likeness (QED) is 0.496. The van der Waals surface area contributed by atoms with E-state index in [0.717, 1.165) is 11.0 Å². The average Bonchev–Trinajstić information content (AvgIpc) is 2.79. The van der Waals surface area contributed by atoms with Crippen LogP contribution < -0.4 is 4.74 Å². The second kappa shape index (κ2) is 5.64. The number of fused-ring (bicyclic) bond motifs is 1. The first-order valence-electron chi connectivity index (χ1n) is 6.93. The van der Waals surface area contributed by atoms with Gasteiger partial charge >= 0.3 is 5.97 Å². The molecule has 0 saturated heterocycles. The Bertz CT molecular complexity index is 783. The highest BCUT2D eigenvalue weighted by molar-refractivity contribution is 6.22. The molecule has 0 unspecified atom stereocenters. The van der Waals surface area contributed by atoms with Gasteiger partial charge in [0.2, 0.25) is 0 Å². The topological polar surface area (TPSA) is 63.7 Å². The van der Waals surface area contributed by atoms with Crippen molar-refractivity contribution < 1.29 is 23.5 Å². The van der Waals surface area contributed by atoms with E-state index >= 15 is 0 Å². The summed E-state index contributed by atoms with van der Waals surface area (Å²) in [6, 6.07) is 10.3. The second-order valence-corrected chi connectivity index (χ2v) is 5.08. The standard InChI is InChI=1S/C17H12FNO4/c1-10(17(22)23-12-6-4-5-11(18)9-12)19-15(20)13-7-2-3-8-14(13)16(19)21/h2-10H,1H3/t10-/m1/s1. The molecule has 0 spiro atoms. The van der Waals surface area contributed by atoms with Crippen LogP contribution in [0.5, 0.6) is 5.75 Å². The van der Waals surface area contributed by atoms with E-state index in [1.165, 1.54) is 37.3 Å². The van der Waals surface area contributed by atoms with Gasteiger partial charge in [-0.25, -0.2) is 9.18 Å². The SMILES string of the molecule is C[C@H](C(=O)Oc1cccc(F)c1)N1C(=O)c2ccccc2C1=O. The number of rotatable bonds is 3. The number of hydrogen-bond acceptors (Lipinski definition) is 4. The van der Waals surface area contributed by atoms with Gasteiger partial charge in [-0.15, -0.1) is 0 Å². The summed E-state index contributed by atoms with van der Waals surface area (Å²) in [6.07, 6.45) is 0. The molecule has 23 heavy (non-hydrogen) atoms. The zero-order valence-corrected chi connectivity index (χ0v) is 12.2. The molecule has 0 saturated carbocycles. The Balaban J connectivity index is 1.81. The predicted molar refractivity (Wildman–Crippen MR) is 78.4 cm³/mol. The van der Waals surface area contributed by atoms with Crippen LogP contribution in [0.15, 0.2) is 48.5 Å². The van der Waals surface area contributed by atoms with Gasteiger partial charge in [0.15, 0.2) is 0 Å². The Kier molecular flexibility index (Phi) is 3.65. The van der Waals surface area contributed by atoms with Gasteiger partial charge in [0.1, 0.15) is 17.6 Å². The fraction of sp³-hybridized carbons (Fsp3) is 0.118. The minimum atomic E-state index is -1.12. The lowest BCUT2D eigenvalue weighted by Crippen LogP contribution is -2.44. The Morgan fingerprint density at radius 2 is 1.65 bits per heavy atom. The molecule has 0 aromatic heterocycles. The Morgan fingerprint density at radius 1 is 1.04 bits per heavy atom. The molecule has 3 rings (SSSR count). The summed E-state index contributed by atoms with van der Waals surface area (Å²) in [5.74, 6) is -2.45. The van der Waals surface area contributed by atoms with Crippen LogP contribution in [0.2, 0.25) is 0 Å². The number of hydrogen-bond donors (Lipinski definition) is 0. The van der Waals surface area contributed by atoms with Crippen LogP contribution in [0, 0.1) is 5.82 Å². The maximum absolute atomic E-state index is 13.1. The van der Waals surface area contributed by atoms with E-state index in [2.05, 4.69) is 0 Å². The van der Waals surface area contributed by atoms with E-state index in [-0.39, 0.29) is 16.9 Å². The Hall–Kier alpha value is -3.02. The molecule has 116 valence electrons. The first kappa shape index (κ1) is 14.9. The van der Waals surface area contributed by atoms with Crippen molar-refractivity contribution in [3.05, 3.63) is 65.5 Å². The van der Waals surface area contributed by atoms with E-state index in [1.54, 1.807) is 12.1 Å². The molecular formula is C17H12FNO4. The smallest absolute Gasteiger partial charge is 0.334 e. The Labute approximate surface area is 131 Å². The molecular weight excluding hydrogens is 301 g/mol. The molecule has 2 aromatic carbocycles. The van der Waals surface area contributed by atoms with Gasteiger partial charge in [-0.1, -0.05) is 18.2 Å². The van der Waals surface area contributed by atoms with Crippen LogP contribution >= 0.6 is 0 Å². The number of ether oxygens (including phenoxy) is 1. The highest BCUT2D eigenvalue weighted by atomic mass is 19.1. The number of halogens is 1. The second-order valence-electron chi connectivity index (χ2n) is 5.08. The van der Waals surface area contributed by atoms with Crippen LogP contribution in [0.4, 0.5) is 4.39 Å². The molecule has 2 aromatic rings. The van der Waals surface area contributed by atoms with Crippen LogP contribution in [0.25, 0.3) is 0 Å². The third kappa shape index (κ3) is 2.59. The normalized spacial score (nSPS) is 14.6. The van der Waals surface area contributed by atoms with Crippen molar-refractivity contribution in [2.75, 3.05) is 0 Å². The maximum atomic E-state index is 13.1. The largest absolute Gasteiger partial charge is 0.425 e. The molecule has 1 atom stereocenters. The molecule has 1 aliphatic rings. The number of nitrogens with zero attached hydrogens (tertiary/aromatic N) is 1. The van der Waals surface area contributed by atoms with Crippen molar-refractivity contribution in [3.63, 3.8) is 0 Å². The lowest BCUT2D eigenvalue weighted by Gasteiger charge is -2.20. The zero-order chi connectivity index (χ0) is 16.6. The first-order chi connectivity index (χ1) is 11.0. The molecule has 1 aliphatic heterocycles. The van der Waals surface area contributed by atoms with Gasteiger partial charge in [-0.2, -0.15) is 0 Å². The fourth-order valence-electron chi connectivity index (χ4n) is 2.40. The van der Waals surface area contributed by atoms with Gasteiger partial charge in [-0.3, -0.25) is 14.5 Å². The van der Waals surface area contributed by atoms with E-state index in [9.17, 15) is 18.8 Å². The highest BCUT2D eigenvalue weighted by Crippen LogP contribution is 2.25. The summed E-state index contributed by atoms with van der Waals surface area (Å²) >= 11 is 0. The summed E-state index contributed by atoms with van der Waals surface area (Å²) < 4.78 is 18.2. The average molecular weight is 313 g/mol. The van der Waals surface area contributed by atoms with Crippen LogP contribution in [0.1, 0.15) is 27.6 Å². The van der Waals surface area contributed by atoms with Crippen molar-refractivity contribution in [1.82, 2.24) is 4.90 Å². The lowest BCUT2D eigenvalue weighted by atomic mass is 10.1. The number of imide groups is 1. The molecule has 1 heterocycles. The number of benzene rings is 2. The van der Waals surface area contributed by atoms with Crippen molar-refractivity contribution in [3.8, 4) is 5.75 Å². The Morgan fingerprint density at radius 3 is 2.22 bits per heavy atom. The number of carbonyl (C=O) groups is 3. The summed E-state index contributed by atoms with van der Waals surface area (Å²) in [4.78, 5) is 37.6. The molecule has 0 fully saturated rings. The first-order valence-corrected chi connectivity index (χ1v) is 6.93. The fourth-order valence-corrected chi connectivity index (χ4v) is 2.40. The molecule has 0 aliphatic carbocycles. The number of esters is 1. The molecule has 6 heteroatoms. The van der Waals surface area contributed by atoms with Crippen molar-refractivity contribution in [1.29, 1.82) is 0 Å². The van der Waals surface area contributed by atoms with Crippen molar-refractivity contribution >= 4 is 17.8 Å². The van der Waals surface area contributed by atoms with Gasteiger partial charge in [0.25, 0.3) is 11.8 Å². The summed E-state index contributed by atoms with van der Waals surface area (Å²) in [6.45, 7) is 1.39. The summed E-state index contributed by atoms with van der Waals surface area (Å²) in [5.41, 5.74) is 0.505. The zero-order valence-electron chi connectivity index (χ0n) is 12.2. The molecule has 2 amide bonds. The van der Waals surface area contributed by atoms with Crippen LogP contribution in [-0.2, 0) is 4.79 Å². The minimum absolute atomic E-state index is 0.0125. The van der Waals surface area contributed by atoms with Gasteiger partial charge < -0.3 is 4.74 Å². The monoisotopic (exact) mass is 313 g/mol. The number of amides is 2. The highest BCUT2D eigenvalue weighted by Gasteiger charge is 2.41. The van der Waals surface area contributed by atoms with Crippen LogP contribution in [0.3, 0.4) is 0 Å². The van der Waals surface area contributed by atoms with E-state index in [4.69, 9.17) is 4.74 Å². The van der Waals surface area contributed by atoms with E-state index in [0.29, 0.717) is 0 Å². The molecule has 5 nitrogen and oxygen atoms in total. The number of carbonyl (C=O) groups excluding carboxylic acids is 3. The summed E-state index contributed by atoms with van der Waals surface area (Å²) in [5, 5.41) is 0. The molecule has 0 N–H and O–H groups in total. The molecule has 0 radical (unpaired) electrons. The minimum Gasteiger partial charge on any atom is -0.425 e. The lowest BCUT2D eigenvalue weighted by molar-refractivity contribution is -0.138. The van der Waals surface area contributed by atoms with E-state index in [1.807, 2.05) is 0 Å². The van der Waals surface area contributed by atoms with Gasteiger partial charge in [0.05, 0.1) is 11.1 Å². The third-order valence-electron chi connectivity index (χ3n) is 3.57. The van der Waals surface area contributed by atoms with Gasteiger partial charge in [-0.05, 0) is 31.2 Å². The van der Waals surface area contributed by atoms with E-state index < -0.39 is 29.6 Å². The maximum Gasteiger partial charge on any atom is 0.334 e.